The van der Waals surface area contributed by atoms with E-state index < -0.39 is 7.82 Å². The molecule has 0 radical (unpaired) electrons. The Labute approximate surface area is 213 Å². The largest absolute Gasteiger partial charge is 0.495 e. The van der Waals surface area contributed by atoms with Crippen molar-refractivity contribution < 1.29 is 37.9 Å². The Morgan fingerprint density at radius 3 is 1.94 bits per heavy atom. The van der Waals surface area contributed by atoms with Gasteiger partial charge in [-0.3, -0.25) is 9.32 Å². The van der Waals surface area contributed by atoms with Gasteiger partial charge in [0.25, 0.3) is 0 Å². The molecule has 0 aliphatic carbocycles. The van der Waals surface area contributed by atoms with Crippen molar-refractivity contribution in [2.45, 2.75) is 111 Å². The third-order valence-electron chi connectivity index (χ3n) is 4.34. The first-order valence-corrected chi connectivity index (χ1v) is 11.5. The number of hydrogen-bond acceptors (Lipinski definition) is 6. The van der Waals surface area contributed by atoms with Gasteiger partial charge in [0.2, 0.25) is 0 Å². The maximum Gasteiger partial charge on any atom is 0.469 e. The normalized spacial score (nSPS) is 11.9. The summed E-state index contributed by atoms with van der Waals surface area (Å²) in [6, 6.07) is 0. The summed E-state index contributed by atoms with van der Waals surface area (Å²) < 4.78 is 30.9. The minimum Gasteiger partial charge on any atom is -0.495 e. The topological polar surface area (TPSA) is 112 Å². The number of carbonyl (C=O) groups excluding carboxylic acids is 1. The van der Waals surface area contributed by atoms with Crippen LogP contribution in [0.5, 0.6) is 0 Å². The van der Waals surface area contributed by atoms with E-state index in [1.807, 2.05) is 6.92 Å². The van der Waals surface area contributed by atoms with Crippen LogP contribution in [0.1, 0.15) is 111 Å². The van der Waals surface area contributed by atoms with Crippen LogP contribution in [0.15, 0.2) is 12.0 Å². The zero-order valence-electron chi connectivity index (χ0n) is 17.6. The molecular formula is C25H61O8P. The smallest absolute Gasteiger partial charge is 0.469 e. The van der Waals surface area contributed by atoms with Crippen LogP contribution in [-0.4, -0.2) is 42.2 Å². The number of allylic oxidation sites excluding steroid dienone is 1. The van der Waals surface area contributed by atoms with Crippen molar-refractivity contribution in [3.05, 3.63) is 12.0 Å². The fourth-order valence-corrected chi connectivity index (χ4v) is 2.79. The predicted octanol–water partition coefficient (Wildman–Crippen LogP) is 7.98. The van der Waals surface area contributed by atoms with Crippen molar-refractivity contribution in [1.82, 2.24) is 0 Å². The molecule has 0 saturated heterocycles. The average molecular weight is 521 g/mol. The molecule has 2 N–H and O–H groups in total. The Kier molecular flexibility index (Phi) is 44.0. The lowest BCUT2D eigenvalue weighted by atomic mass is 10.00. The summed E-state index contributed by atoms with van der Waals surface area (Å²) in [5.41, 5.74) is 0. The highest BCUT2D eigenvalue weighted by Crippen LogP contribution is 2.35. The molecule has 0 spiro atoms. The number of phosphoric acid groups is 1. The van der Waals surface area contributed by atoms with Crippen molar-refractivity contribution in [2.24, 2.45) is 11.8 Å². The Balaban J connectivity index is -0.000000243. The number of rotatable bonds is 17. The molecule has 0 heterocycles. The summed E-state index contributed by atoms with van der Waals surface area (Å²) in [5, 5.41) is 0. The molecule has 34 heavy (non-hydrogen) atoms. The first-order chi connectivity index (χ1) is 13.2. The lowest BCUT2D eigenvalue weighted by Crippen LogP contribution is -2.22. The van der Waals surface area contributed by atoms with Gasteiger partial charge >= 0.3 is 13.8 Å². The molecule has 0 bridgehead atoms. The lowest BCUT2D eigenvalue weighted by molar-refractivity contribution is -0.150. The molecule has 214 valence electrons. The van der Waals surface area contributed by atoms with Crippen LogP contribution in [0.25, 0.3) is 0 Å². The molecule has 0 aliphatic rings. The molecule has 2 unspecified atom stereocenters. The van der Waals surface area contributed by atoms with E-state index in [0.29, 0.717) is 37.7 Å². The van der Waals surface area contributed by atoms with Gasteiger partial charge in [-0.2, -0.15) is 0 Å². The Morgan fingerprint density at radius 1 is 0.882 bits per heavy atom. The van der Waals surface area contributed by atoms with E-state index in [4.69, 9.17) is 24.0 Å². The summed E-state index contributed by atoms with van der Waals surface area (Å²) in [5.74, 6) is 0.558. The molecule has 0 rings (SSSR count). The zero-order chi connectivity index (χ0) is 21.4. The number of carbonyl (C=O) groups is 1. The van der Waals surface area contributed by atoms with Crippen LogP contribution < -0.4 is 0 Å². The monoisotopic (exact) mass is 520 g/mol. The van der Waals surface area contributed by atoms with E-state index in [9.17, 15) is 9.36 Å². The molecular weight excluding hydrogens is 459 g/mol. The van der Waals surface area contributed by atoms with Crippen molar-refractivity contribution >= 4 is 13.8 Å². The lowest BCUT2D eigenvalue weighted by Gasteiger charge is -2.18. The number of unbranched alkanes of at least 4 members (excludes halogenated alkanes) is 1. The Morgan fingerprint density at radius 2 is 1.47 bits per heavy atom. The van der Waals surface area contributed by atoms with Gasteiger partial charge in [-0.1, -0.05) is 84.6 Å². The average Bonchev–Trinajstić information content (AvgIpc) is 2.64. The summed E-state index contributed by atoms with van der Waals surface area (Å²) >= 11 is 0. The van der Waals surface area contributed by atoms with Gasteiger partial charge in [0, 0.05) is 0 Å². The second-order valence-corrected chi connectivity index (χ2v) is 7.95. The summed E-state index contributed by atoms with van der Waals surface area (Å²) in [6.07, 6.45) is 6.98. The Bertz CT molecular complexity index is 491. The number of esters is 1. The minimum atomic E-state index is -4.47. The second-order valence-electron chi connectivity index (χ2n) is 6.71. The number of ether oxygens (including phenoxy) is 3. The van der Waals surface area contributed by atoms with Gasteiger partial charge in [0.05, 0.1) is 25.7 Å². The molecule has 0 aromatic heterocycles. The Hall–Kier alpha value is -1.08. The summed E-state index contributed by atoms with van der Waals surface area (Å²) in [6.45, 7) is 8.52. The summed E-state index contributed by atoms with van der Waals surface area (Å²) in [4.78, 5) is 29.4. The highest BCUT2D eigenvalue weighted by atomic mass is 31.2. The van der Waals surface area contributed by atoms with Crippen molar-refractivity contribution in [2.75, 3.05) is 26.4 Å². The molecule has 0 aromatic rings. The molecule has 9 heteroatoms. The van der Waals surface area contributed by atoms with E-state index in [-0.39, 0.29) is 69.7 Å². The molecule has 8 nitrogen and oxygen atoms in total. The van der Waals surface area contributed by atoms with Gasteiger partial charge in [-0.15, -0.1) is 0 Å². The van der Waals surface area contributed by atoms with E-state index >= 15 is 0 Å². The highest BCUT2D eigenvalue weighted by molar-refractivity contribution is 7.46. The van der Waals surface area contributed by atoms with Crippen LogP contribution in [0.3, 0.4) is 0 Å². The molecule has 2 atom stereocenters. The van der Waals surface area contributed by atoms with Crippen LogP contribution in [0.2, 0.25) is 0 Å². The standard InChI is InChI=1S/C19H37O8P.6CH4/c1-5-8-9-17(6-2)15-26-19(20)18(7-3)10-11-25-16(4)14-24-12-13-27-28(21,22)23;;;;;;/h14,17-18H,5-13,15H2,1-4H3,(H2,21,22,23);6*1H4/b16-14-;;;;;;. The third kappa shape index (κ3) is 29.0. The summed E-state index contributed by atoms with van der Waals surface area (Å²) in [7, 11) is -4.47. The third-order valence-corrected chi connectivity index (χ3v) is 4.86. The second kappa shape index (κ2) is 30.0. The minimum absolute atomic E-state index is 0. The van der Waals surface area contributed by atoms with E-state index in [2.05, 4.69) is 18.4 Å². The number of phosphoric ester groups is 1. The first-order valence-electron chi connectivity index (χ1n) is 10.0. The quantitative estimate of drug-likeness (QED) is 0.0859. The number of hydrogen-bond donors (Lipinski definition) is 2. The van der Waals surface area contributed by atoms with E-state index in [0.717, 1.165) is 25.7 Å². The molecule has 0 amide bonds. The zero-order valence-corrected chi connectivity index (χ0v) is 18.5. The van der Waals surface area contributed by atoms with Gasteiger partial charge in [-0.25, -0.2) is 4.57 Å². The van der Waals surface area contributed by atoms with Crippen molar-refractivity contribution in [1.29, 1.82) is 0 Å². The van der Waals surface area contributed by atoms with Crippen LogP contribution in [-0.2, 0) is 28.1 Å². The molecule has 0 saturated carbocycles. The highest BCUT2D eigenvalue weighted by Gasteiger charge is 2.19. The predicted molar refractivity (Wildman–Crippen MR) is 147 cm³/mol. The van der Waals surface area contributed by atoms with Gasteiger partial charge in [-0.05, 0) is 32.1 Å². The fourth-order valence-electron chi connectivity index (χ4n) is 2.48. The van der Waals surface area contributed by atoms with Crippen LogP contribution >= 0.6 is 7.82 Å². The molecule has 0 fully saturated rings. The van der Waals surface area contributed by atoms with Gasteiger partial charge in [0.1, 0.15) is 18.6 Å². The van der Waals surface area contributed by atoms with E-state index in [1.165, 1.54) is 6.26 Å². The maximum atomic E-state index is 12.3. The van der Waals surface area contributed by atoms with Crippen molar-refractivity contribution in [3.8, 4) is 0 Å². The maximum absolute atomic E-state index is 12.3. The SMILES string of the molecule is C.C.C.C.C.C.CCCCC(CC)COC(=O)C(CC)CCO/C(C)=C\OCCOP(=O)(O)O. The molecule has 0 aromatic carbocycles. The van der Waals surface area contributed by atoms with Crippen LogP contribution in [0, 0.1) is 11.8 Å². The molecule has 0 aliphatic heterocycles. The van der Waals surface area contributed by atoms with E-state index in [1.54, 1.807) is 6.92 Å². The first kappa shape index (κ1) is 49.9. The fraction of sp³-hybridized carbons (Fsp3) is 0.880. The van der Waals surface area contributed by atoms with Gasteiger partial charge < -0.3 is 24.0 Å². The van der Waals surface area contributed by atoms with Crippen molar-refractivity contribution in [3.63, 3.8) is 0 Å². The van der Waals surface area contributed by atoms with Crippen LogP contribution in [0.4, 0.5) is 0 Å². The van der Waals surface area contributed by atoms with Gasteiger partial charge in [0.15, 0.2) is 0 Å².